The molecule has 352 valence electrons. The van der Waals surface area contributed by atoms with Crippen molar-refractivity contribution in [3.63, 3.8) is 0 Å². The number of fused-ring (bicyclic) bond motifs is 3. The molecule has 11 rings (SSSR count). The highest BCUT2D eigenvalue weighted by atomic mass is 16.5. The first-order valence-electron chi connectivity index (χ1n) is 24.9. The van der Waals surface area contributed by atoms with E-state index in [0.717, 1.165) is 67.6 Å². The second-order valence-corrected chi connectivity index (χ2v) is 20.1. The molecular weight excluding hydrogens is 877 g/mol. The van der Waals surface area contributed by atoms with Crippen molar-refractivity contribution >= 4 is 44.6 Å². The first-order chi connectivity index (χ1) is 35.1. The predicted molar refractivity (Wildman–Crippen MR) is 300 cm³/mol. The maximum absolute atomic E-state index is 6.74. The summed E-state index contributed by atoms with van der Waals surface area (Å²) in [5, 5.41) is 10.2. The lowest BCUT2D eigenvalue weighted by molar-refractivity contribution is 0.483. The molecule has 0 saturated carbocycles. The molecule has 9 aromatic carbocycles. The lowest BCUT2D eigenvalue weighted by Gasteiger charge is -2.39. The normalized spacial score (nSPS) is 12.0. The van der Waals surface area contributed by atoms with Crippen LogP contribution >= 0.6 is 0 Å². The first-order valence-corrected chi connectivity index (χ1v) is 24.9. The second kappa shape index (κ2) is 18.9. The summed E-state index contributed by atoms with van der Waals surface area (Å²) in [4.78, 5) is 4.89. The van der Waals surface area contributed by atoms with Crippen molar-refractivity contribution in [1.29, 1.82) is 0 Å². The van der Waals surface area contributed by atoms with Gasteiger partial charge in [0.25, 0.3) is 0 Å². The third-order valence-corrected chi connectivity index (χ3v) is 14.6. The number of hydrogen-bond donors (Lipinski definition) is 2. The minimum atomic E-state index is -0.548. The van der Waals surface area contributed by atoms with Crippen molar-refractivity contribution in [2.45, 2.75) is 50.9 Å². The summed E-state index contributed by atoms with van der Waals surface area (Å²) >= 11 is 0. The molecule has 0 aliphatic carbocycles. The Morgan fingerprint density at radius 3 is 1.44 bits per heavy atom. The third kappa shape index (κ3) is 8.47. The van der Waals surface area contributed by atoms with E-state index in [0.29, 0.717) is 0 Å². The van der Waals surface area contributed by atoms with Crippen LogP contribution in [0, 0.1) is 0 Å². The van der Waals surface area contributed by atoms with Gasteiger partial charge in [0.2, 0.25) is 0 Å². The Morgan fingerprint density at radius 1 is 0.389 bits per heavy atom. The van der Waals surface area contributed by atoms with Crippen LogP contribution in [0.5, 0.6) is 11.5 Å². The van der Waals surface area contributed by atoms with Crippen LogP contribution in [0.2, 0.25) is 0 Å². The number of rotatable bonds is 13. The van der Waals surface area contributed by atoms with Gasteiger partial charge in [-0.2, -0.15) is 0 Å². The number of benzene rings is 9. The van der Waals surface area contributed by atoms with Gasteiger partial charge < -0.3 is 15.4 Å². The van der Waals surface area contributed by atoms with E-state index in [4.69, 9.17) is 9.72 Å². The summed E-state index contributed by atoms with van der Waals surface area (Å²) in [7, 11) is 0. The minimum Gasteiger partial charge on any atom is -0.457 e. The Labute approximate surface area is 423 Å². The molecule has 0 bridgehead atoms. The van der Waals surface area contributed by atoms with E-state index < -0.39 is 10.8 Å². The summed E-state index contributed by atoms with van der Waals surface area (Å²) in [5.74, 6) is 2.34. The molecule has 0 spiro atoms. The van der Waals surface area contributed by atoms with E-state index in [1.807, 2.05) is 18.3 Å². The third-order valence-electron chi connectivity index (χ3n) is 14.6. The van der Waals surface area contributed by atoms with Gasteiger partial charge in [-0.25, -0.2) is 4.98 Å². The van der Waals surface area contributed by atoms with E-state index in [9.17, 15) is 0 Å². The van der Waals surface area contributed by atoms with Crippen LogP contribution < -0.4 is 15.4 Å². The van der Waals surface area contributed by atoms with Crippen molar-refractivity contribution in [3.8, 4) is 17.3 Å². The maximum Gasteiger partial charge on any atom is 0.137 e. The zero-order chi connectivity index (χ0) is 49.3. The van der Waals surface area contributed by atoms with Crippen LogP contribution in [-0.4, -0.2) is 9.55 Å². The van der Waals surface area contributed by atoms with Crippen molar-refractivity contribution in [3.05, 3.63) is 288 Å². The standard InChI is InChI=1S/C67H58N4O/c1-65(2,3)51-42-43-68-63(44-51)71-61-39-21-18-34-55(61)56-41-40-54(46-62(56)71)72-53-33-22-32-52(45-53)69-59-37-19-20-38-60(59)70-64-57(66(4,47-24-10-6-11-25-47)48-26-12-7-13-27-48)35-23-36-58(64)67(5,49-28-14-8-15-29-49)50-30-16-9-17-31-50/h6-46,69-70H,1-5H3. The van der Waals surface area contributed by atoms with E-state index in [-0.39, 0.29) is 5.41 Å². The smallest absolute Gasteiger partial charge is 0.137 e. The molecule has 2 heterocycles. The molecule has 5 heteroatoms. The average molecular weight is 935 g/mol. The van der Waals surface area contributed by atoms with E-state index >= 15 is 0 Å². The molecule has 2 N–H and O–H groups in total. The van der Waals surface area contributed by atoms with Gasteiger partial charge in [0, 0.05) is 51.3 Å². The fraction of sp³-hybridized carbons (Fsp3) is 0.119. The van der Waals surface area contributed by atoms with Gasteiger partial charge in [-0.3, -0.25) is 4.57 Å². The van der Waals surface area contributed by atoms with E-state index in [1.165, 1.54) is 33.2 Å². The van der Waals surface area contributed by atoms with Gasteiger partial charge >= 0.3 is 0 Å². The number of hydrogen-bond acceptors (Lipinski definition) is 4. The molecule has 11 aromatic rings. The molecule has 5 nitrogen and oxygen atoms in total. The van der Waals surface area contributed by atoms with Crippen molar-refractivity contribution < 1.29 is 4.74 Å². The summed E-state index contributed by atoms with van der Waals surface area (Å²) in [6.45, 7) is 11.4. The molecule has 0 aliphatic rings. The zero-order valence-corrected chi connectivity index (χ0v) is 41.5. The Morgan fingerprint density at radius 2 is 0.875 bits per heavy atom. The topological polar surface area (TPSA) is 51.1 Å². The van der Waals surface area contributed by atoms with Gasteiger partial charge in [0.1, 0.15) is 17.3 Å². The van der Waals surface area contributed by atoms with Gasteiger partial charge in [0.15, 0.2) is 0 Å². The zero-order valence-electron chi connectivity index (χ0n) is 41.5. The van der Waals surface area contributed by atoms with Gasteiger partial charge in [-0.1, -0.05) is 197 Å². The molecule has 0 fully saturated rings. The number of ether oxygens (including phenoxy) is 1. The number of pyridine rings is 1. The first kappa shape index (κ1) is 45.8. The van der Waals surface area contributed by atoms with Crippen molar-refractivity contribution in [2.24, 2.45) is 0 Å². The highest BCUT2D eigenvalue weighted by molar-refractivity contribution is 6.09. The van der Waals surface area contributed by atoms with Crippen LogP contribution in [-0.2, 0) is 16.2 Å². The lowest BCUT2D eigenvalue weighted by Crippen LogP contribution is -2.31. The molecule has 0 unspecified atom stereocenters. The molecule has 2 aromatic heterocycles. The van der Waals surface area contributed by atoms with Crippen LogP contribution in [0.4, 0.5) is 22.7 Å². The Kier molecular flexibility index (Phi) is 12.0. The summed E-state index contributed by atoms with van der Waals surface area (Å²) in [5.41, 5.74) is 13.2. The van der Waals surface area contributed by atoms with Crippen molar-refractivity contribution in [1.82, 2.24) is 9.55 Å². The lowest BCUT2D eigenvalue weighted by atomic mass is 9.66. The van der Waals surface area contributed by atoms with Crippen LogP contribution in [0.15, 0.2) is 249 Å². The number of aromatic nitrogens is 2. The fourth-order valence-electron chi connectivity index (χ4n) is 10.6. The van der Waals surface area contributed by atoms with Crippen molar-refractivity contribution in [2.75, 3.05) is 10.6 Å². The fourth-order valence-corrected chi connectivity index (χ4v) is 10.6. The highest BCUT2D eigenvalue weighted by Gasteiger charge is 2.39. The summed E-state index contributed by atoms with van der Waals surface area (Å²) in [6.07, 6.45) is 1.92. The largest absolute Gasteiger partial charge is 0.457 e. The molecule has 72 heavy (non-hydrogen) atoms. The molecule has 0 saturated heterocycles. The van der Waals surface area contributed by atoms with Gasteiger partial charge in [0.05, 0.1) is 22.4 Å². The Hall–Kier alpha value is -8.67. The van der Waals surface area contributed by atoms with Gasteiger partial charge in [-0.15, -0.1) is 0 Å². The number of nitrogens with one attached hydrogen (secondary N) is 2. The molecule has 0 atom stereocenters. The molecular formula is C67H58N4O. The number of para-hydroxylation sites is 4. The number of nitrogens with zero attached hydrogens (tertiary/aromatic N) is 2. The highest BCUT2D eigenvalue weighted by Crippen LogP contribution is 2.50. The van der Waals surface area contributed by atoms with Crippen LogP contribution in [0.1, 0.15) is 73.6 Å². The predicted octanol–water partition coefficient (Wildman–Crippen LogP) is 17.5. The Balaban J connectivity index is 0.996. The Bertz CT molecular complexity index is 3490. The monoisotopic (exact) mass is 934 g/mol. The quantitative estimate of drug-likeness (QED) is 0.113. The molecule has 0 aliphatic heterocycles. The van der Waals surface area contributed by atoms with E-state index in [1.54, 1.807) is 0 Å². The summed E-state index contributed by atoms with van der Waals surface area (Å²) in [6, 6.07) is 86.3. The van der Waals surface area contributed by atoms with Crippen LogP contribution in [0.25, 0.3) is 27.6 Å². The summed E-state index contributed by atoms with van der Waals surface area (Å²) < 4.78 is 8.99. The minimum absolute atomic E-state index is 0.0218. The molecule has 0 amide bonds. The van der Waals surface area contributed by atoms with Gasteiger partial charge in [-0.05, 0) is 113 Å². The van der Waals surface area contributed by atoms with E-state index in [2.05, 4.69) is 280 Å². The second-order valence-electron chi connectivity index (χ2n) is 20.1. The maximum atomic E-state index is 6.74. The molecule has 0 radical (unpaired) electrons. The number of anilines is 4. The average Bonchev–Trinajstić information content (AvgIpc) is 3.75. The SMILES string of the molecule is CC(C)(C)c1ccnc(-n2c3ccccc3c3ccc(Oc4cccc(Nc5ccccc5Nc5c(C(C)(c6ccccc6)c6ccccc6)cccc5C(C)(c5ccccc5)c5ccccc5)c4)cc32)c1. The van der Waals surface area contributed by atoms with Crippen LogP contribution in [0.3, 0.4) is 0 Å².